The second-order valence-electron chi connectivity index (χ2n) is 7.32. The predicted molar refractivity (Wildman–Crippen MR) is 92.7 cm³/mol. The van der Waals surface area contributed by atoms with Crippen molar-refractivity contribution in [3.05, 3.63) is 29.8 Å². The van der Waals surface area contributed by atoms with Gasteiger partial charge in [-0.05, 0) is 70.7 Å². The van der Waals surface area contributed by atoms with E-state index in [1.807, 2.05) is 20.8 Å². The average Bonchev–Trinajstić information content (AvgIpc) is 2.47. The van der Waals surface area contributed by atoms with E-state index in [1.165, 1.54) is 12.1 Å². The molecule has 7 heteroatoms. The van der Waals surface area contributed by atoms with E-state index in [-0.39, 0.29) is 11.6 Å². The topological polar surface area (TPSA) is 38.3 Å². The molecule has 1 aliphatic carbocycles. The molecule has 1 saturated carbocycles. The van der Waals surface area contributed by atoms with Gasteiger partial charge < -0.3 is 10.1 Å². The number of benzene rings is 1. The molecule has 0 unspecified atom stereocenters. The van der Waals surface area contributed by atoms with Gasteiger partial charge in [0.2, 0.25) is 0 Å². The molecule has 1 aromatic rings. The number of hydrogen-bond acceptors (Lipinski definition) is 3. The highest BCUT2D eigenvalue weighted by Crippen LogP contribution is 2.36. The zero-order valence-corrected chi connectivity index (χ0v) is 15.5. The Morgan fingerprint density at radius 1 is 1.08 bits per heavy atom. The maximum atomic E-state index is 12.6. The Labute approximate surface area is 150 Å². The molecule has 0 aromatic heterocycles. The van der Waals surface area contributed by atoms with Crippen LogP contribution in [0.4, 0.5) is 18.0 Å². The first-order valence-electron chi connectivity index (χ1n) is 8.36. The first kappa shape index (κ1) is 19.9. The van der Waals surface area contributed by atoms with Crippen molar-refractivity contribution in [2.24, 2.45) is 0 Å². The molecule has 0 bridgehead atoms. The molecular formula is C18H24F3NO2S. The Hall–Kier alpha value is -1.37. The van der Waals surface area contributed by atoms with Crippen LogP contribution in [-0.4, -0.2) is 23.0 Å². The number of nitrogens with one attached hydrogen (secondary N) is 1. The van der Waals surface area contributed by atoms with Crippen LogP contribution < -0.4 is 5.32 Å². The average molecular weight is 375 g/mol. The molecule has 0 atom stereocenters. The number of hydrogen-bond donors (Lipinski definition) is 1. The smallest absolute Gasteiger partial charge is 0.416 e. The van der Waals surface area contributed by atoms with E-state index in [4.69, 9.17) is 4.74 Å². The minimum Gasteiger partial charge on any atom is -0.446 e. The summed E-state index contributed by atoms with van der Waals surface area (Å²) in [5, 5.41) is 3.11. The van der Waals surface area contributed by atoms with Crippen LogP contribution in [0.15, 0.2) is 29.2 Å². The standard InChI is InChI=1S/C18H24F3NO2S/c1-17(2,3)22-16(23)24-13-6-10-15(11-7-13)25-14-8-4-12(5-9-14)18(19,20)21/h4-5,8-9,13,15H,6-7,10-11H2,1-3H3,(H,22,23). The zero-order chi connectivity index (χ0) is 18.7. The Bertz CT molecular complexity index is 573. The number of amides is 1. The van der Waals surface area contributed by atoms with Crippen molar-refractivity contribution < 1.29 is 22.7 Å². The number of alkyl carbamates (subject to hydrolysis) is 1. The molecule has 0 aliphatic heterocycles. The number of carbonyl (C=O) groups excluding carboxylic acids is 1. The first-order valence-corrected chi connectivity index (χ1v) is 9.23. The highest BCUT2D eigenvalue weighted by atomic mass is 32.2. The van der Waals surface area contributed by atoms with Gasteiger partial charge in [-0.15, -0.1) is 11.8 Å². The van der Waals surface area contributed by atoms with Crippen molar-refractivity contribution in [2.45, 2.75) is 74.4 Å². The monoisotopic (exact) mass is 375 g/mol. The summed E-state index contributed by atoms with van der Waals surface area (Å²) >= 11 is 1.59. The van der Waals surface area contributed by atoms with Crippen molar-refractivity contribution in [1.82, 2.24) is 5.32 Å². The van der Waals surface area contributed by atoms with E-state index in [9.17, 15) is 18.0 Å². The van der Waals surface area contributed by atoms with Gasteiger partial charge in [0.1, 0.15) is 6.10 Å². The van der Waals surface area contributed by atoms with Crippen LogP contribution >= 0.6 is 11.8 Å². The molecule has 0 saturated heterocycles. The van der Waals surface area contributed by atoms with E-state index in [0.717, 1.165) is 42.7 Å². The van der Waals surface area contributed by atoms with Crippen LogP contribution in [0.5, 0.6) is 0 Å². The van der Waals surface area contributed by atoms with Gasteiger partial charge in [0.25, 0.3) is 0 Å². The highest BCUT2D eigenvalue weighted by molar-refractivity contribution is 8.00. The van der Waals surface area contributed by atoms with Gasteiger partial charge in [-0.3, -0.25) is 0 Å². The van der Waals surface area contributed by atoms with Crippen molar-refractivity contribution >= 4 is 17.9 Å². The molecule has 1 fully saturated rings. The molecule has 3 nitrogen and oxygen atoms in total. The SMILES string of the molecule is CC(C)(C)NC(=O)OC1CCC(Sc2ccc(C(F)(F)F)cc2)CC1. The second kappa shape index (κ2) is 7.89. The molecule has 1 amide bonds. The summed E-state index contributed by atoms with van der Waals surface area (Å²) in [5.41, 5.74) is -0.953. The van der Waals surface area contributed by atoms with Gasteiger partial charge in [-0.25, -0.2) is 4.79 Å². The molecule has 0 heterocycles. The summed E-state index contributed by atoms with van der Waals surface area (Å²) in [6.07, 6.45) is -1.49. The molecule has 140 valence electrons. The van der Waals surface area contributed by atoms with Gasteiger partial charge in [0, 0.05) is 15.7 Å². The summed E-state index contributed by atoms with van der Waals surface area (Å²) in [6, 6.07) is 5.28. The van der Waals surface area contributed by atoms with Gasteiger partial charge >= 0.3 is 12.3 Å². The van der Waals surface area contributed by atoms with Crippen LogP contribution in [0.1, 0.15) is 52.0 Å². The maximum Gasteiger partial charge on any atom is 0.416 e. The zero-order valence-electron chi connectivity index (χ0n) is 14.7. The molecular weight excluding hydrogens is 351 g/mol. The number of thioether (sulfide) groups is 1. The lowest BCUT2D eigenvalue weighted by atomic mass is 9.97. The van der Waals surface area contributed by atoms with Gasteiger partial charge in [0.15, 0.2) is 0 Å². The Balaban J connectivity index is 1.78. The second-order valence-corrected chi connectivity index (χ2v) is 8.69. The third kappa shape index (κ3) is 6.80. The molecule has 1 aromatic carbocycles. The minimum absolute atomic E-state index is 0.0909. The van der Waals surface area contributed by atoms with Crippen LogP contribution in [0.3, 0.4) is 0 Å². The summed E-state index contributed by atoms with van der Waals surface area (Å²) in [5.74, 6) is 0. The maximum absolute atomic E-state index is 12.6. The van der Waals surface area contributed by atoms with Crippen molar-refractivity contribution in [2.75, 3.05) is 0 Å². The van der Waals surface area contributed by atoms with E-state index in [2.05, 4.69) is 5.32 Å². The molecule has 2 rings (SSSR count). The first-order chi connectivity index (χ1) is 11.5. The fourth-order valence-electron chi connectivity index (χ4n) is 2.67. The van der Waals surface area contributed by atoms with Crippen LogP contribution in [0.2, 0.25) is 0 Å². The predicted octanol–water partition coefficient (Wildman–Crippen LogP) is 5.63. The third-order valence-corrected chi connectivity index (χ3v) is 5.21. The summed E-state index contributed by atoms with van der Waals surface area (Å²) in [6.45, 7) is 5.68. The third-order valence-electron chi connectivity index (χ3n) is 3.86. The Morgan fingerprint density at radius 2 is 1.64 bits per heavy atom. The van der Waals surface area contributed by atoms with Gasteiger partial charge in [-0.2, -0.15) is 13.2 Å². The molecule has 1 aliphatic rings. The summed E-state index contributed by atoms with van der Waals surface area (Å²) in [4.78, 5) is 12.6. The molecule has 1 N–H and O–H groups in total. The number of halogens is 3. The van der Waals surface area contributed by atoms with Crippen LogP contribution in [0.25, 0.3) is 0 Å². The number of carbonyl (C=O) groups is 1. The number of rotatable bonds is 3. The quantitative estimate of drug-likeness (QED) is 0.744. The van der Waals surface area contributed by atoms with E-state index < -0.39 is 17.8 Å². The van der Waals surface area contributed by atoms with Crippen molar-refractivity contribution in [1.29, 1.82) is 0 Å². The Morgan fingerprint density at radius 3 is 2.12 bits per heavy atom. The lowest BCUT2D eigenvalue weighted by molar-refractivity contribution is -0.137. The number of ether oxygens (including phenoxy) is 1. The van der Waals surface area contributed by atoms with Crippen molar-refractivity contribution in [3.63, 3.8) is 0 Å². The van der Waals surface area contributed by atoms with Crippen LogP contribution in [-0.2, 0) is 10.9 Å². The van der Waals surface area contributed by atoms with Crippen molar-refractivity contribution in [3.8, 4) is 0 Å². The van der Waals surface area contributed by atoms with Crippen LogP contribution in [0, 0.1) is 0 Å². The van der Waals surface area contributed by atoms with E-state index >= 15 is 0 Å². The minimum atomic E-state index is -4.30. The lowest BCUT2D eigenvalue weighted by Gasteiger charge is -2.29. The summed E-state index contributed by atoms with van der Waals surface area (Å²) < 4.78 is 43.2. The fraction of sp³-hybridized carbons (Fsp3) is 0.611. The normalized spacial score (nSPS) is 21.7. The molecule has 25 heavy (non-hydrogen) atoms. The lowest BCUT2D eigenvalue weighted by Crippen LogP contribution is -2.42. The van der Waals surface area contributed by atoms with Gasteiger partial charge in [0.05, 0.1) is 5.56 Å². The Kier molecular flexibility index (Phi) is 6.30. The highest BCUT2D eigenvalue weighted by Gasteiger charge is 2.30. The molecule has 0 spiro atoms. The van der Waals surface area contributed by atoms with E-state index in [0.29, 0.717) is 5.25 Å². The fourth-order valence-corrected chi connectivity index (χ4v) is 3.86. The largest absolute Gasteiger partial charge is 0.446 e. The van der Waals surface area contributed by atoms with Gasteiger partial charge in [-0.1, -0.05) is 0 Å². The van der Waals surface area contributed by atoms with E-state index in [1.54, 1.807) is 11.8 Å². The number of alkyl halides is 3. The summed E-state index contributed by atoms with van der Waals surface area (Å²) in [7, 11) is 0. The molecule has 0 radical (unpaired) electrons.